The SMILES string of the molecule is O=C(N[C@@H]1C[C@H]2CO[C@@H](c3ccccc3)CN2C1)c1ccncc1Cl. The zero-order valence-electron chi connectivity index (χ0n) is 13.8. The quantitative estimate of drug-likeness (QED) is 0.917. The number of fused-ring (bicyclic) bond motifs is 1. The molecule has 3 heterocycles. The highest BCUT2D eigenvalue weighted by atomic mass is 35.5. The molecule has 1 N–H and O–H groups in total. The van der Waals surface area contributed by atoms with Crippen LogP contribution >= 0.6 is 11.6 Å². The first-order valence-electron chi connectivity index (χ1n) is 8.51. The first kappa shape index (κ1) is 16.5. The molecule has 2 aromatic rings. The van der Waals surface area contributed by atoms with E-state index in [4.69, 9.17) is 16.3 Å². The number of rotatable bonds is 3. The highest BCUT2D eigenvalue weighted by Crippen LogP contribution is 2.30. The van der Waals surface area contributed by atoms with Crippen LogP contribution in [0.15, 0.2) is 48.8 Å². The van der Waals surface area contributed by atoms with Crippen molar-refractivity contribution < 1.29 is 9.53 Å². The van der Waals surface area contributed by atoms with Gasteiger partial charge in [0.2, 0.25) is 0 Å². The average Bonchev–Trinajstić information content (AvgIpc) is 3.04. The highest BCUT2D eigenvalue weighted by molar-refractivity contribution is 6.33. The smallest absolute Gasteiger partial charge is 0.253 e. The summed E-state index contributed by atoms with van der Waals surface area (Å²) in [5.74, 6) is -0.141. The summed E-state index contributed by atoms with van der Waals surface area (Å²) in [6, 6.07) is 12.4. The molecule has 0 saturated carbocycles. The molecule has 2 fully saturated rings. The second kappa shape index (κ2) is 7.12. The minimum Gasteiger partial charge on any atom is -0.371 e. The number of benzene rings is 1. The summed E-state index contributed by atoms with van der Waals surface area (Å²) in [5, 5.41) is 3.48. The predicted octanol–water partition coefficient (Wildman–Crippen LogP) is 2.68. The van der Waals surface area contributed by atoms with E-state index >= 15 is 0 Å². The van der Waals surface area contributed by atoms with Crippen molar-refractivity contribution >= 4 is 17.5 Å². The maximum absolute atomic E-state index is 12.4. The van der Waals surface area contributed by atoms with Crippen molar-refractivity contribution in [1.29, 1.82) is 0 Å². The molecule has 1 amide bonds. The number of amides is 1. The minimum atomic E-state index is -0.141. The number of morpholine rings is 1. The molecule has 3 atom stereocenters. The molecule has 0 radical (unpaired) electrons. The van der Waals surface area contributed by atoms with Crippen LogP contribution in [0.2, 0.25) is 5.02 Å². The Bertz CT molecular complexity index is 755. The number of aromatic nitrogens is 1. The minimum absolute atomic E-state index is 0.0987. The molecule has 2 saturated heterocycles. The molecule has 0 bridgehead atoms. The number of halogens is 1. The number of hydrogen-bond donors (Lipinski definition) is 1. The second-order valence-electron chi connectivity index (χ2n) is 6.60. The molecule has 1 aromatic heterocycles. The summed E-state index contributed by atoms with van der Waals surface area (Å²) in [4.78, 5) is 18.8. The summed E-state index contributed by atoms with van der Waals surface area (Å²) in [5.41, 5.74) is 1.68. The number of hydrogen-bond acceptors (Lipinski definition) is 4. The van der Waals surface area contributed by atoms with Gasteiger partial charge in [0.25, 0.3) is 5.91 Å². The Morgan fingerprint density at radius 2 is 2.08 bits per heavy atom. The molecule has 0 aliphatic carbocycles. The van der Waals surface area contributed by atoms with Gasteiger partial charge in [-0.05, 0) is 18.1 Å². The van der Waals surface area contributed by atoms with Crippen molar-refractivity contribution in [3.8, 4) is 0 Å². The summed E-state index contributed by atoms with van der Waals surface area (Å²) in [6.07, 6.45) is 4.07. The number of nitrogens with zero attached hydrogens (tertiary/aromatic N) is 2. The molecular weight excluding hydrogens is 338 g/mol. The van der Waals surface area contributed by atoms with E-state index in [0.29, 0.717) is 23.2 Å². The van der Waals surface area contributed by atoms with Crippen LogP contribution in [0.25, 0.3) is 0 Å². The zero-order valence-corrected chi connectivity index (χ0v) is 14.5. The lowest BCUT2D eigenvalue weighted by atomic mass is 10.1. The highest BCUT2D eigenvalue weighted by Gasteiger charge is 2.38. The Morgan fingerprint density at radius 3 is 2.88 bits per heavy atom. The Labute approximate surface area is 152 Å². The van der Waals surface area contributed by atoms with Crippen LogP contribution in [0, 0.1) is 0 Å². The van der Waals surface area contributed by atoms with Crippen LogP contribution in [0.3, 0.4) is 0 Å². The van der Waals surface area contributed by atoms with Gasteiger partial charge >= 0.3 is 0 Å². The maximum atomic E-state index is 12.4. The van der Waals surface area contributed by atoms with E-state index in [0.717, 1.165) is 19.5 Å². The van der Waals surface area contributed by atoms with Crippen LogP contribution in [-0.2, 0) is 4.74 Å². The van der Waals surface area contributed by atoms with Crippen molar-refractivity contribution in [3.05, 3.63) is 64.9 Å². The molecule has 4 rings (SSSR count). The average molecular weight is 358 g/mol. The van der Waals surface area contributed by atoms with Gasteiger partial charge in [-0.3, -0.25) is 14.7 Å². The lowest BCUT2D eigenvalue weighted by Gasteiger charge is -2.35. The van der Waals surface area contributed by atoms with Gasteiger partial charge in [-0.25, -0.2) is 0 Å². The van der Waals surface area contributed by atoms with Gasteiger partial charge in [0.05, 0.1) is 23.3 Å². The number of pyridine rings is 1. The van der Waals surface area contributed by atoms with Gasteiger partial charge in [-0.15, -0.1) is 0 Å². The standard InChI is InChI=1S/C19H20ClN3O2/c20-17-9-21-7-6-16(17)19(24)22-14-8-15-12-25-18(11-23(15)10-14)13-4-2-1-3-5-13/h1-7,9,14-15,18H,8,10-12H2,(H,22,24)/t14-,15+,18-/m1/s1. The topological polar surface area (TPSA) is 54.5 Å². The summed E-state index contributed by atoms with van der Waals surface area (Å²) in [7, 11) is 0. The fourth-order valence-corrected chi connectivity index (χ4v) is 3.88. The molecule has 0 spiro atoms. The first-order valence-corrected chi connectivity index (χ1v) is 8.89. The second-order valence-corrected chi connectivity index (χ2v) is 7.01. The van der Waals surface area contributed by atoms with Gasteiger partial charge in [0.1, 0.15) is 0 Å². The molecule has 5 nitrogen and oxygen atoms in total. The Balaban J connectivity index is 1.38. The molecule has 130 valence electrons. The maximum Gasteiger partial charge on any atom is 0.253 e. The lowest BCUT2D eigenvalue weighted by molar-refractivity contribution is -0.0502. The molecule has 1 aromatic carbocycles. The number of ether oxygens (including phenoxy) is 1. The molecular formula is C19H20ClN3O2. The summed E-state index contributed by atoms with van der Waals surface area (Å²) >= 11 is 6.06. The van der Waals surface area contributed by atoms with Gasteiger partial charge in [-0.1, -0.05) is 41.9 Å². The lowest BCUT2D eigenvalue weighted by Crippen LogP contribution is -2.43. The van der Waals surface area contributed by atoms with E-state index in [9.17, 15) is 4.79 Å². The predicted molar refractivity (Wildman–Crippen MR) is 95.6 cm³/mol. The van der Waals surface area contributed by atoms with E-state index in [1.54, 1.807) is 12.3 Å². The fourth-order valence-electron chi connectivity index (χ4n) is 3.67. The van der Waals surface area contributed by atoms with Gasteiger partial charge < -0.3 is 10.1 Å². The van der Waals surface area contributed by atoms with E-state index in [1.165, 1.54) is 11.8 Å². The van der Waals surface area contributed by atoms with Gasteiger partial charge in [-0.2, -0.15) is 0 Å². The zero-order chi connectivity index (χ0) is 17.2. The van der Waals surface area contributed by atoms with Crippen molar-refractivity contribution in [1.82, 2.24) is 15.2 Å². The molecule has 2 aliphatic heterocycles. The monoisotopic (exact) mass is 357 g/mol. The Kier molecular flexibility index (Phi) is 4.70. The molecule has 2 aliphatic rings. The van der Waals surface area contributed by atoms with Crippen molar-refractivity contribution in [2.24, 2.45) is 0 Å². The van der Waals surface area contributed by atoms with Gasteiger partial charge in [0, 0.05) is 37.6 Å². The number of carbonyl (C=O) groups is 1. The molecule has 6 heteroatoms. The first-order chi connectivity index (χ1) is 12.2. The Hall–Kier alpha value is -1.95. The van der Waals surface area contributed by atoms with E-state index < -0.39 is 0 Å². The molecule has 25 heavy (non-hydrogen) atoms. The van der Waals surface area contributed by atoms with Crippen LogP contribution < -0.4 is 5.32 Å². The van der Waals surface area contributed by atoms with Crippen LogP contribution in [0.4, 0.5) is 0 Å². The van der Waals surface area contributed by atoms with Gasteiger partial charge in [0.15, 0.2) is 0 Å². The van der Waals surface area contributed by atoms with E-state index in [-0.39, 0.29) is 18.1 Å². The van der Waals surface area contributed by atoms with Crippen LogP contribution in [-0.4, -0.2) is 47.6 Å². The van der Waals surface area contributed by atoms with Crippen molar-refractivity contribution in [3.63, 3.8) is 0 Å². The van der Waals surface area contributed by atoms with Crippen LogP contribution in [0.5, 0.6) is 0 Å². The van der Waals surface area contributed by atoms with Crippen LogP contribution in [0.1, 0.15) is 28.4 Å². The van der Waals surface area contributed by atoms with Crippen molar-refractivity contribution in [2.75, 3.05) is 19.7 Å². The Morgan fingerprint density at radius 1 is 1.24 bits per heavy atom. The third-order valence-corrected chi connectivity index (χ3v) is 5.24. The summed E-state index contributed by atoms with van der Waals surface area (Å²) in [6.45, 7) is 2.39. The largest absolute Gasteiger partial charge is 0.371 e. The number of carbonyl (C=O) groups excluding carboxylic acids is 1. The van der Waals surface area contributed by atoms with Crippen molar-refractivity contribution in [2.45, 2.75) is 24.6 Å². The number of nitrogens with one attached hydrogen (secondary N) is 1. The molecule has 0 unspecified atom stereocenters. The fraction of sp³-hybridized carbons (Fsp3) is 0.368. The normalized spacial score (nSPS) is 26.2. The third kappa shape index (κ3) is 3.54. The third-order valence-electron chi connectivity index (χ3n) is 4.94. The summed E-state index contributed by atoms with van der Waals surface area (Å²) < 4.78 is 6.05. The van der Waals surface area contributed by atoms with E-state index in [1.807, 2.05) is 18.2 Å². The van der Waals surface area contributed by atoms with E-state index in [2.05, 4.69) is 27.3 Å².